The van der Waals surface area contributed by atoms with Gasteiger partial charge >= 0.3 is 0 Å². The van der Waals surface area contributed by atoms with Crippen molar-refractivity contribution in [2.45, 2.75) is 33.1 Å². The Balaban J connectivity index is 3.60. The van der Waals surface area contributed by atoms with Crippen LogP contribution >= 0.6 is 0 Å². The van der Waals surface area contributed by atoms with Crippen LogP contribution in [0.25, 0.3) is 0 Å². The van der Waals surface area contributed by atoms with Crippen molar-refractivity contribution >= 4 is 0 Å². The first-order chi connectivity index (χ1) is 5.20. The number of rotatable bonds is 5. The molecule has 0 spiro atoms. The van der Waals surface area contributed by atoms with E-state index in [0.29, 0.717) is 5.92 Å². The molecule has 0 radical (unpaired) electrons. The third kappa shape index (κ3) is 5.66. The van der Waals surface area contributed by atoms with E-state index >= 15 is 0 Å². The monoisotopic (exact) mass is 151 g/mol. The van der Waals surface area contributed by atoms with Gasteiger partial charge in [0, 0.05) is 5.92 Å². The lowest BCUT2D eigenvalue weighted by Crippen LogP contribution is -2.01. The summed E-state index contributed by atoms with van der Waals surface area (Å²) < 4.78 is 0. The lowest BCUT2D eigenvalue weighted by Gasteiger charge is -2.09. The van der Waals surface area contributed by atoms with E-state index < -0.39 is 0 Å². The second kappa shape index (κ2) is 5.97. The second-order valence-corrected chi connectivity index (χ2v) is 3.32. The Morgan fingerprint density at radius 2 is 2.18 bits per heavy atom. The maximum atomic E-state index is 8.72. The van der Waals surface area contributed by atoms with Gasteiger partial charge in [0.15, 0.2) is 0 Å². The third-order valence-electron chi connectivity index (χ3n) is 1.66. The summed E-state index contributed by atoms with van der Waals surface area (Å²) in [6.45, 7) is 7.94. The van der Waals surface area contributed by atoms with Gasteiger partial charge in [-0.25, -0.2) is 0 Å². The molecule has 0 aromatic carbocycles. The van der Waals surface area contributed by atoms with Gasteiger partial charge in [-0.1, -0.05) is 19.9 Å². The van der Waals surface area contributed by atoms with Crippen LogP contribution in [-0.2, 0) is 0 Å². The van der Waals surface area contributed by atoms with Crippen LogP contribution in [0, 0.1) is 23.2 Å². The highest BCUT2D eigenvalue weighted by Gasteiger charge is 2.07. The largest absolute Gasteiger partial charge is 0.198 e. The van der Waals surface area contributed by atoms with Crippen LogP contribution in [0.5, 0.6) is 0 Å². The van der Waals surface area contributed by atoms with Crippen molar-refractivity contribution in [2.75, 3.05) is 0 Å². The molecule has 1 nitrogen and oxygen atoms in total. The Morgan fingerprint density at radius 1 is 1.55 bits per heavy atom. The highest BCUT2D eigenvalue weighted by atomic mass is 14.3. The molecule has 0 bridgehead atoms. The molecule has 0 fully saturated rings. The van der Waals surface area contributed by atoms with E-state index in [4.69, 9.17) is 5.26 Å². The molecule has 11 heavy (non-hydrogen) atoms. The Morgan fingerprint density at radius 3 is 2.55 bits per heavy atom. The van der Waals surface area contributed by atoms with E-state index in [1.54, 1.807) is 0 Å². The van der Waals surface area contributed by atoms with Gasteiger partial charge in [0.05, 0.1) is 6.07 Å². The van der Waals surface area contributed by atoms with Crippen molar-refractivity contribution < 1.29 is 0 Å². The van der Waals surface area contributed by atoms with Gasteiger partial charge in [0.1, 0.15) is 0 Å². The number of allylic oxidation sites excluding steroid dienone is 1. The summed E-state index contributed by atoms with van der Waals surface area (Å²) in [6.07, 6.45) is 4.83. The Bertz CT molecular complexity index is 141. The van der Waals surface area contributed by atoms with Crippen molar-refractivity contribution in [3.05, 3.63) is 12.7 Å². The molecule has 0 saturated carbocycles. The fourth-order valence-corrected chi connectivity index (χ4v) is 1.12. The molecule has 0 saturated heterocycles. The van der Waals surface area contributed by atoms with Crippen molar-refractivity contribution in [1.82, 2.24) is 0 Å². The van der Waals surface area contributed by atoms with Crippen molar-refractivity contribution in [3.63, 3.8) is 0 Å². The maximum absolute atomic E-state index is 8.72. The molecule has 0 aromatic heterocycles. The van der Waals surface area contributed by atoms with Gasteiger partial charge in [-0.15, -0.1) is 6.58 Å². The zero-order chi connectivity index (χ0) is 8.69. The molecule has 0 amide bonds. The SMILES string of the molecule is C=CCCC(C#N)CC(C)C. The number of hydrogen-bond donors (Lipinski definition) is 0. The standard InChI is InChI=1S/C10H17N/c1-4-5-6-10(8-11)7-9(2)3/h4,9-10H,1,5-7H2,2-3H3. The molecular formula is C10H17N. The van der Waals surface area contributed by atoms with Gasteiger partial charge in [0.2, 0.25) is 0 Å². The van der Waals surface area contributed by atoms with Crippen LogP contribution in [0.3, 0.4) is 0 Å². The zero-order valence-electron chi connectivity index (χ0n) is 7.51. The van der Waals surface area contributed by atoms with Crippen LogP contribution in [0.15, 0.2) is 12.7 Å². The minimum Gasteiger partial charge on any atom is -0.198 e. The topological polar surface area (TPSA) is 23.8 Å². The first-order valence-corrected chi connectivity index (χ1v) is 4.21. The summed E-state index contributed by atoms with van der Waals surface area (Å²) >= 11 is 0. The Labute approximate surface area is 69.7 Å². The number of hydrogen-bond acceptors (Lipinski definition) is 1. The lowest BCUT2D eigenvalue weighted by atomic mass is 9.94. The van der Waals surface area contributed by atoms with Gasteiger partial charge in [-0.05, 0) is 25.2 Å². The maximum Gasteiger partial charge on any atom is 0.0655 e. The van der Waals surface area contributed by atoms with E-state index in [1.165, 1.54) is 0 Å². The van der Waals surface area contributed by atoms with Gasteiger partial charge in [-0.2, -0.15) is 5.26 Å². The third-order valence-corrected chi connectivity index (χ3v) is 1.66. The molecule has 0 aliphatic rings. The molecule has 0 aliphatic carbocycles. The minimum absolute atomic E-state index is 0.230. The predicted molar refractivity (Wildman–Crippen MR) is 48.0 cm³/mol. The predicted octanol–water partition coefficient (Wildman–Crippen LogP) is 3.14. The van der Waals surface area contributed by atoms with E-state index in [0.717, 1.165) is 19.3 Å². The first-order valence-electron chi connectivity index (χ1n) is 4.21. The molecule has 1 unspecified atom stereocenters. The van der Waals surface area contributed by atoms with Crippen molar-refractivity contribution in [3.8, 4) is 6.07 Å². The summed E-state index contributed by atoms with van der Waals surface area (Å²) in [7, 11) is 0. The molecule has 0 N–H and O–H groups in total. The van der Waals surface area contributed by atoms with Crippen LogP contribution in [0.4, 0.5) is 0 Å². The summed E-state index contributed by atoms with van der Waals surface area (Å²) in [5.41, 5.74) is 0. The Hall–Kier alpha value is -0.770. The smallest absolute Gasteiger partial charge is 0.0655 e. The second-order valence-electron chi connectivity index (χ2n) is 3.32. The molecule has 1 heteroatoms. The van der Waals surface area contributed by atoms with Crippen molar-refractivity contribution in [1.29, 1.82) is 5.26 Å². The molecule has 62 valence electrons. The van der Waals surface area contributed by atoms with E-state index in [1.807, 2.05) is 6.08 Å². The van der Waals surface area contributed by atoms with Crippen LogP contribution in [0.1, 0.15) is 33.1 Å². The average Bonchev–Trinajstić information content (AvgIpc) is 1.97. The highest BCUT2D eigenvalue weighted by molar-refractivity contribution is 4.85. The van der Waals surface area contributed by atoms with Crippen molar-refractivity contribution in [2.24, 2.45) is 11.8 Å². The fraction of sp³-hybridized carbons (Fsp3) is 0.700. The minimum atomic E-state index is 0.230. The molecule has 0 rings (SSSR count). The van der Waals surface area contributed by atoms with Gasteiger partial charge in [-0.3, -0.25) is 0 Å². The quantitative estimate of drug-likeness (QED) is 0.554. The molecule has 0 heterocycles. The van der Waals surface area contributed by atoms with Crippen LogP contribution < -0.4 is 0 Å². The summed E-state index contributed by atoms with van der Waals surface area (Å²) in [5.74, 6) is 0.859. The fourth-order valence-electron chi connectivity index (χ4n) is 1.12. The summed E-state index contributed by atoms with van der Waals surface area (Å²) in [5, 5.41) is 8.72. The first kappa shape index (κ1) is 10.2. The summed E-state index contributed by atoms with van der Waals surface area (Å²) in [6, 6.07) is 2.32. The molecule has 1 atom stereocenters. The molecule has 0 aromatic rings. The van der Waals surface area contributed by atoms with E-state index in [-0.39, 0.29) is 5.92 Å². The highest BCUT2D eigenvalue weighted by Crippen LogP contribution is 2.15. The number of nitriles is 1. The van der Waals surface area contributed by atoms with Crippen LogP contribution in [0.2, 0.25) is 0 Å². The normalized spacial score (nSPS) is 12.5. The van der Waals surface area contributed by atoms with Gasteiger partial charge < -0.3 is 0 Å². The zero-order valence-corrected chi connectivity index (χ0v) is 7.51. The molecule has 0 aliphatic heterocycles. The van der Waals surface area contributed by atoms with Crippen LogP contribution in [-0.4, -0.2) is 0 Å². The summed E-state index contributed by atoms with van der Waals surface area (Å²) in [4.78, 5) is 0. The van der Waals surface area contributed by atoms with Gasteiger partial charge in [0.25, 0.3) is 0 Å². The lowest BCUT2D eigenvalue weighted by molar-refractivity contribution is 0.462. The number of nitrogens with zero attached hydrogens (tertiary/aromatic N) is 1. The Kier molecular flexibility index (Phi) is 5.56. The van der Waals surface area contributed by atoms with E-state index in [2.05, 4.69) is 26.5 Å². The van der Waals surface area contributed by atoms with E-state index in [9.17, 15) is 0 Å². The average molecular weight is 151 g/mol. The molecular weight excluding hydrogens is 134 g/mol.